The fraction of sp³-hybridized carbons (Fsp3) is 0.100. The van der Waals surface area contributed by atoms with Crippen LogP contribution in [-0.2, 0) is 0 Å². The zero-order valence-electron chi connectivity index (χ0n) is 8.64. The zero-order valence-corrected chi connectivity index (χ0v) is 8.64. The van der Waals surface area contributed by atoms with E-state index in [1.54, 1.807) is 13.3 Å². The molecule has 0 radical (unpaired) electrons. The molecular formula is C10H9BN2O3. The lowest BCUT2D eigenvalue weighted by molar-refractivity contribution is 0.397. The van der Waals surface area contributed by atoms with Crippen LogP contribution in [0.2, 0.25) is 0 Å². The van der Waals surface area contributed by atoms with E-state index in [1.807, 2.05) is 24.3 Å². The summed E-state index contributed by atoms with van der Waals surface area (Å²) < 4.78 is 16.5. The Hall–Kier alpha value is -2.11. The van der Waals surface area contributed by atoms with E-state index in [2.05, 4.69) is 10.2 Å². The van der Waals surface area contributed by atoms with Crippen LogP contribution >= 0.6 is 0 Å². The number of hydrogen-bond donors (Lipinski definition) is 1. The minimum Gasteiger partial charge on any atom is -0.518 e. The number of hydrogen-bond acceptors (Lipinski definition) is 4. The molecule has 0 saturated carbocycles. The van der Waals surface area contributed by atoms with Crippen molar-refractivity contribution in [2.45, 2.75) is 0 Å². The van der Waals surface area contributed by atoms with Crippen molar-refractivity contribution in [3.63, 3.8) is 0 Å². The average Bonchev–Trinajstić information content (AvgIpc) is 2.96. The standard InChI is InChI=1S/C10H9BN2O3/c1-14-7-3-2-4-8-10(7)16-11(15-8)9-5-6-12-13-9/h2-6H,1H3,(H,12,13). The minimum absolute atomic E-state index is 0.478. The zero-order chi connectivity index (χ0) is 11.0. The summed E-state index contributed by atoms with van der Waals surface area (Å²) in [5, 5.41) is 6.67. The van der Waals surface area contributed by atoms with Gasteiger partial charge in [0.1, 0.15) is 5.75 Å². The average molecular weight is 216 g/mol. The van der Waals surface area contributed by atoms with E-state index in [9.17, 15) is 0 Å². The van der Waals surface area contributed by atoms with Gasteiger partial charge >= 0.3 is 7.12 Å². The van der Waals surface area contributed by atoms with Crippen molar-refractivity contribution >= 4 is 12.7 Å². The van der Waals surface area contributed by atoms with Crippen LogP contribution in [0, 0.1) is 0 Å². The predicted octanol–water partition coefficient (Wildman–Crippen LogP) is 0.585. The van der Waals surface area contributed by atoms with Gasteiger partial charge in [0.05, 0.1) is 12.7 Å². The van der Waals surface area contributed by atoms with Gasteiger partial charge in [-0.25, -0.2) is 0 Å². The quantitative estimate of drug-likeness (QED) is 0.746. The molecular weight excluding hydrogens is 207 g/mol. The van der Waals surface area contributed by atoms with Crippen LogP contribution in [0.5, 0.6) is 17.2 Å². The topological polar surface area (TPSA) is 56.4 Å². The summed E-state index contributed by atoms with van der Waals surface area (Å²) >= 11 is 0. The number of nitrogens with one attached hydrogen (secondary N) is 1. The molecule has 0 spiro atoms. The van der Waals surface area contributed by atoms with E-state index in [4.69, 9.17) is 14.0 Å². The monoisotopic (exact) mass is 216 g/mol. The first-order valence-electron chi connectivity index (χ1n) is 4.88. The van der Waals surface area contributed by atoms with Crippen molar-refractivity contribution in [1.29, 1.82) is 0 Å². The number of H-pyrrole nitrogens is 1. The molecule has 0 atom stereocenters. The highest BCUT2D eigenvalue weighted by Gasteiger charge is 2.37. The van der Waals surface area contributed by atoms with Crippen molar-refractivity contribution < 1.29 is 14.0 Å². The lowest BCUT2D eigenvalue weighted by atomic mass is 9.85. The molecule has 1 N–H and O–H groups in total. The van der Waals surface area contributed by atoms with E-state index in [1.165, 1.54) is 0 Å². The first-order valence-corrected chi connectivity index (χ1v) is 4.88. The van der Waals surface area contributed by atoms with Crippen LogP contribution in [0.15, 0.2) is 30.5 Å². The normalized spacial score (nSPS) is 12.9. The predicted molar refractivity (Wildman–Crippen MR) is 58.2 cm³/mol. The van der Waals surface area contributed by atoms with Gasteiger partial charge in [-0.15, -0.1) is 0 Å². The molecule has 80 valence electrons. The van der Waals surface area contributed by atoms with E-state index in [0.29, 0.717) is 17.2 Å². The Balaban J connectivity index is 1.94. The molecule has 5 nitrogen and oxygen atoms in total. The summed E-state index contributed by atoms with van der Waals surface area (Å²) in [5.41, 5.74) is 0.776. The smallest absolute Gasteiger partial charge is 0.518 e. The summed E-state index contributed by atoms with van der Waals surface area (Å²) in [6, 6.07) is 7.34. The minimum atomic E-state index is -0.478. The van der Waals surface area contributed by atoms with Crippen LogP contribution in [-0.4, -0.2) is 24.4 Å². The van der Waals surface area contributed by atoms with Gasteiger partial charge in [0.25, 0.3) is 0 Å². The Kier molecular flexibility index (Phi) is 1.99. The number of fused-ring (bicyclic) bond motifs is 1. The number of nitrogens with zero attached hydrogens (tertiary/aromatic N) is 1. The van der Waals surface area contributed by atoms with Gasteiger partial charge in [-0.2, -0.15) is 5.10 Å². The second-order valence-electron chi connectivity index (χ2n) is 3.37. The fourth-order valence-electron chi connectivity index (χ4n) is 1.64. The molecule has 1 aromatic carbocycles. The highest BCUT2D eigenvalue weighted by molar-refractivity contribution is 6.62. The SMILES string of the molecule is COc1cccc2c1OB(c1ccn[nH]1)O2. The summed E-state index contributed by atoms with van der Waals surface area (Å²) in [4.78, 5) is 0. The Morgan fingerprint density at radius 3 is 3.00 bits per heavy atom. The number of para-hydroxylation sites is 1. The summed E-state index contributed by atoms with van der Waals surface area (Å²) in [6.07, 6.45) is 1.66. The molecule has 1 aliphatic rings. The van der Waals surface area contributed by atoms with E-state index in [0.717, 1.165) is 5.59 Å². The summed E-state index contributed by atoms with van der Waals surface area (Å²) in [7, 11) is 1.12. The van der Waals surface area contributed by atoms with Crippen LogP contribution in [0.3, 0.4) is 0 Å². The molecule has 0 fully saturated rings. The Morgan fingerprint density at radius 1 is 1.31 bits per heavy atom. The summed E-state index contributed by atoms with van der Waals surface area (Å²) in [6.45, 7) is 0. The fourth-order valence-corrected chi connectivity index (χ4v) is 1.64. The maximum absolute atomic E-state index is 5.65. The van der Waals surface area contributed by atoms with Crippen LogP contribution < -0.4 is 19.6 Å². The van der Waals surface area contributed by atoms with Gasteiger partial charge in [-0.1, -0.05) is 6.07 Å². The number of ether oxygens (including phenoxy) is 1. The molecule has 0 unspecified atom stereocenters. The molecule has 1 aliphatic heterocycles. The van der Waals surface area contributed by atoms with E-state index >= 15 is 0 Å². The molecule has 0 aliphatic carbocycles. The van der Waals surface area contributed by atoms with Gasteiger partial charge in [0.2, 0.25) is 0 Å². The van der Waals surface area contributed by atoms with Crippen LogP contribution in [0.1, 0.15) is 0 Å². The Labute approximate surface area is 92.5 Å². The van der Waals surface area contributed by atoms with Gasteiger partial charge in [-0.3, -0.25) is 5.10 Å². The van der Waals surface area contributed by atoms with Crippen molar-refractivity contribution in [2.24, 2.45) is 0 Å². The van der Waals surface area contributed by atoms with E-state index < -0.39 is 7.12 Å². The third-order valence-corrected chi connectivity index (χ3v) is 2.40. The molecule has 1 aromatic heterocycles. The number of benzene rings is 1. The largest absolute Gasteiger partial charge is 0.652 e. The maximum Gasteiger partial charge on any atom is 0.652 e. The molecule has 0 amide bonds. The molecule has 16 heavy (non-hydrogen) atoms. The second-order valence-corrected chi connectivity index (χ2v) is 3.37. The third kappa shape index (κ3) is 1.30. The van der Waals surface area contributed by atoms with Gasteiger partial charge in [0, 0.05) is 6.20 Å². The second kappa shape index (κ2) is 3.48. The summed E-state index contributed by atoms with van der Waals surface area (Å²) in [5.74, 6) is 1.98. The number of methoxy groups -OCH3 is 1. The van der Waals surface area contributed by atoms with Gasteiger partial charge in [0.15, 0.2) is 11.5 Å². The molecule has 3 rings (SSSR count). The number of aromatic amines is 1. The molecule has 0 saturated heterocycles. The molecule has 2 aromatic rings. The Morgan fingerprint density at radius 2 is 2.25 bits per heavy atom. The van der Waals surface area contributed by atoms with Crippen LogP contribution in [0.25, 0.3) is 0 Å². The van der Waals surface area contributed by atoms with Crippen molar-refractivity contribution in [2.75, 3.05) is 7.11 Å². The third-order valence-electron chi connectivity index (χ3n) is 2.40. The Bertz CT molecular complexity index is 501. The van der Waals surface area contributed by atoms with Crippen LogP contribution in [0.4, 0.5) is 0 Å². The number of aromatic nitrogens is 2. The van der Waals surface area contributed by atoms with Crippen molar-refractivity contribution in [3.05, 3.63) is 30.5 Å². The lowest BCUT2D eigenvalue weighted by Crippen LogP contribution is -2.40. The molecule has 0 bridgehead atoms. The maximum atomic E-state index is 5.65. The van der Waals surface area contributed by atoms with Gasteiger partial charge in [-0.05, 0) is 18.2 Å². The van der Waals surface area contributed by atoms with Gasteiger partial charge < -0.3 is 14.0 Å². The highest BCUT2D eigenvalue weighted by Crippen LogP contribution is 2.41. The molecule has 6 heteroatoms. The molecule has 2 heterocycles. The van der Waals surface area contributed by atoms with Crippen molar-refractivity contribution in [3.8, 4) is 17.2 Å². The first kappa shape index (κ1) is 9.14. The number of rotatable bonds is 2. The van der Waals surface area contributed by atoms with Crippen molar-refractivity contribution in [1.82, 2.24) is 10.2 Å². The highest BCUT2D eigenvalue weighted by atomic mass is 16.6. The lowest BCUT2D eigenvalue weighted by Gasteiger charge is -2.04. The first-order chi connectivity index (χ1) is 7.88. The van der Waals surface area contributed by atoms with E-state index in [-0.39, 0.29) is 0 Å².